The van der Waals surface area contributed by atoms with Crippen molar-refractivity contribution < 1.29 is 85.1 Å². The third kappa shape index (κ3) is 5.78. The van der Waals surface area contributed by atoms with Crippen molar-refractivity contribution >= 4 is 41.8 Å². The molecule has 0 atom stereocenters. The minimum Gasteiger partial charge on any atom is -0.744 e. The zero-order valence-corrected chi connectivity index (χ0v) is 22.5. The maximum absolute atomic E-state index is 11.6. The quantitative estimate of drug-likeness (QED) is 0.238. The molecule has 0 saturated carbocycles. The van der Waals surface area contributed by atoms with Crippen LogP contribution in [0.15, 0.2) is 82.6 Å². The van der Waals surface area contributed by atoms with Crippen LogP contribution in [-0.4, -0.2) is 25.9 Å². The van der Waals surface area contributed by atoms with Crippen molar-refractivity contribution in [1.82, 2.24) is 0 Å². The Morgan fingerprint density at radius 1 is 0.581 bits per heavy atom. The minimum atomic E-state index is -4.62. The predicted molar refractivity (Wildman–Crippen MR) is 107 cm³/mol. The van der Waals surface area contributed by atoms with E-state index < -0.39 is 20.2 Å². The van der Waals surface area contributed by atoms with Crippen LogP contribution in [0.1, 0.15) is 11.1 Å². The molecule has 10 heteroatoms. The van der Waals surface area contributed by atoms with E-state index in [1.807, 2.05) is 12.1 Å². The monoisotopic (exact) mass is 472 g/mol. The van der Waals surface area contributed by atoms with Gasteiger partial charge in [-0.15, -0.1) is 0 Å². The van der Waals surface area contributed by atoms with Crippen LogP contribution in [-0.2, 0) is 26.7 Å². The Morgan fingerprint density at radius 3 is 1.32 bits per heavy atom. The van der Waals surface area contributed by atoms with Gasteiger partial charge >= 0.3 is 59.1 Å². The van der Waals surface area contributed by atoms with Crippen molar-refractivity contribution in [3.05, 3.63) is 83.9 Å². The van der Waals surface area contributed by atoms with E-state index in [9.17, 15) is 25.9 Å². The summed E-state index contributed by atoms with van der Waals surface area (Å²) in [7, 11) is -9.24. The number of fused-ring (bicyclic) bond motifs is 2. The third-order valence-corrected chi connectivity index (χ3v) is 6.55. The molecule has 0 heterocycles. The zero-order chi connectivity index (χ0) is 20.8. The Hall–Kier alpha value is -0.780. The first-order valence-corrected chi connectivity index (χ1v) is 11.4. The molecular formula is C21H14Na2O6S2. The van der Waals surface area contributed by atoms with Crippen molar-refractivity contribution in [1.29, 1.82) is 0 Å². The van der Waals surface area contributed by atoms with Gasteiger partial charge < -0.3 is 9.11 Å². The van der Waals surface area contributed by atoms with Gasteiger partial charge in [0.1, 0.15) is 20.2 Å². The molecule has 148 valence electrons. The Kier molecular flexibility index (Phi) is 8.55. The smallest absolute Gasteiger partial charge is 0.744 e. The molecule has 0 N–H and O–H groups in total. The van der Waals surface area contributed by atoms with Crippen LogP contribution in [0.3, 0.4) is 0 Å². The summed E-state index contributed by atoms with van der Waals surface area (Å²) < 4.78 is 69.3. The summed E-state index contributed by atoms with van der Waals surface area (Å²) in [6.07, 6.45) is 0.367. The number of benzene rings is 4. The molecule has 6 nitrogen and oxygen atoms in total. The van der Waals surface area contributed by atoms with Crippen LogP contribution in [0.5, 0.6) is 0 Å². The molecule has 0 aliphatic rings. The first-order chi connectivity index (χ1) is 13.6. The summed E-state index contributed by atoms with van der Waals surface area (Å²) in [4.78, 5) is -0.565. The normalized spacial score (nSPS) is 11.7. The Balaban J connectivity index is 0.00000171. The van der Waals surface area contributed by atoms with Gasteiger partial charge in [0, 0.05) is 0 Å². The molecule has 4 rings (SSSR count). The Labute approximate surface area is 224 Å². The summed E-state index contributed by atoms with van der Waals surface area (Å²) in [5.41, 5.74) is 1.49. The van der Waals surface area contributed by atoms with Gasteiger partial charge in [-0.1, -0.05) is 48.5 Å². The predicted octanol–water partition coefficient (Wildman–Crippen LogP) is -2.60. The molecule has 0 aliphatic heterocycles. The van der Waals surface area contributed by atoms with Crippen molar-refractivity contribution in [3.63, 3.8) is 0 Å². The van der Waals surface area contributed by atoms with Crippen LogP contribution < -0.4 is 59.1 Å². The number of rotatable bonds is 4. The summed E-state index contributed by atoms with van der Waals surface area (Å²) >= 11 is 0. The first-order valence-electron chi connectivity index (χ1n) is 8.58. The van der Waals surface area contributed by atoms with Crippen molar-refractivity contribution in [2.75, 3.05) is 0 Å². The minimum absolute atomic E-state index is 0. The average Bonchev–Trinajstić information content (AvgIpc) is 2.65. The molecular weight excluding hydrogens is 458 g/mol. The van der Waals surface area contributed by atoms with E-state index in [-0.39, 0.29) is 68.9 Å². The second-order valence-corrected chi connectivity index (χ2v) is 9.40. The molecule has 0 saturated heterocycles. The largest absolute Gasteiger partial charge is 1.00 e. The molecule has 0 fully saturated rings. The summed E-state index contributed by atoms with van der Waals surface area (Å²) in [5.74, 6) is 0. The second kappa shape index (κ2) is 10.0. The van der Waals surface area contributed by atoms with E-state index >= 15 is 0 Å². The van der Waals surface area contributed by atoms with Gasteiger partial charge in [-0.05, 0) is 63.4 Å². The second-order valence-electron chi connectivity index (χ2n) is 6.71. The van der Waals surface area contributed by atoms with E-state index in [1.54, 1.807) is 36.4 Å². The van der Waals surface area contributed by atoms with Crippen LogP contribution >= 0.6 is 0 Å². The molecule has 0 aliphatic carbocycles. The fourth-order valence-electron chi connectivity index (χ4n) is 3.47. The zero-order valence-electron chi connectivity index (χ0n) is 16.9. The van der Waals surface area contributed by atoms with Gasteiger partial charge in [0.05, 0.1) is 9.79 Å². The maximum Gasteiger partial charge on any atom is 1.00 e. The van der Waals surface area contributed by atoms with Crippen molar-refractivity contribution in [3.8, 4) is 0 Å². The van der Waals surface area contributed by atoms with Gasteiger partial charge in [0.25, 0.3) is 0 Å². The van der Waals surface area contributed by atoms with Gasteiger partial charge in [-0.3, -0.25) is 0 Å². The van der Waals surface area contributed by atoms with Gasteiger partial charge in [0.15, 0.2) is 0 Å². The fraction of sp³-hybridized carbons (Fsp3) is 0.0476. The Bertz CT molecular complexity index is 1370. The van der Waals surface area contributed by atoms with E-state index in [0.717, 1.165) is 11.1 Å². The van der Waals surface area contributed by atoms with Crippen LogP contribution in [0.2, 0.25) is 0 Å². The van der Waals surface area contributed by atoms with E-state index in [4.69, 9.17) is 0 Å². The summed E-state index contributed by atoms with van der Waals surface area (Å²) in [5, 5.41) is 1.93. The first kappa shape index (κ1) is 26.5. The molecule has 31 heavy (non-hydrogen) atoms. The van der Waals surface area contributed by atoms with Crippen LogP contribution in [0.4, 0.5) is 0 Å². The summed E-state index contributed by atoms with van der Waals surface area (Å²) in [6.45, 7) is 0. The van der Waals surface area contributed by atoms with Crippen molar-refractivity contribution in [2.45, 2.75) is 16.2 Å². The van der Waals surface area contributed by atoms with E-state index in [1.165, 1.54) is 24.3 Å². The molecule has 4 aromatic rings. The van der Waals surface area contributed by atoms with Crippen LogP contribution in [0.25, 0.3) is 21.5 Å². The summed E-state index contributed by atoms with van der Waals surface area (Å²) in [6, 6.07) is 19.4. The fourth-order valence-corrected chi connectivity index (χ4v) is 4.86. The van der Waals surface area contributed by atoms with Gasteiger partial charge in [-0.25, -0.2) is 16.8 Å². The maximum atomic E-state index is 11.6. The molecule has 4 aromatic carbocycles. The standard InChI is InChI=1S/C21H16O6S2.2Na/c22-28(23,24)20-5-1-3-16-9-7-14(12-18(16)20)11-15-8-10-17-4-2-6-21(19(17)13-15)29(25,26)27;;/h1-10,12-13H,11H2,(H,22,23,24)(H,25,26,27);;/q;2*+1/p-2. The molecule has 0 unspecified atom stereocenters. The van der Waals surface area contributed by atoms with Gasteiger partial charge in [0.2, 0.25) is 0 Å². The molecule has 0 radical (unpaired) electrons. The number of hydrogen-bond acceptors (Lipinski definition) is 6. The molecule has 0 bridgehead atoms. The Morgan fingerprint density at radius 2 is 0.968 bits per heavy atom. The van der Waals surface area contributed by atoms with Gasteiger partial charge in [-0.2, -0.15) is 0 Å². The van der Waals surface area contributed by atoms with E-state index in [2.05, 4.69) is 0 Å². The topological polar surface area (TPSA) is 114 Å². The van der Waals surface area contributed by atoms with Crippen LogP contribution in [0, 0.1) is 0 Å². The SMILES string of the molecule is O=S(=O)([O-])c1cccc2ccc(Cc3ccc4cccc(S(=O)(=O)[O-])c4c3)cc12.[Na+].[Na+]. The molecule has 0 amide bonds. The number of hydrogen-bond donors (Lipinski definition) is 0. The average molecular weight is 472 g/mol. The molecule has 0 spiro atoms. The van der Waals surface area contributed by atoms with E-state index in [0.29, 0.717) is 28.0 Å². The third-order valence-electron chi connectivity index (χ3n) is 4.76. The van der Waals surface area contributed by atoms with Crippen molar-refractivity contribution in [2.24, 2.45) is 0 Å². The molecule has 0 aromatic heterocycles.